The van der Waals surface area contributed by atoms with Gasteiger partial charge in [-0.2, -0.15) is 0 Å². The van der Waals surface area contributed by atoms with Gasteiger partial charge in [0.2, 0.25) is 0 Å². The molecule has 43 heavy (non-hydrogen) atoms. The summed E-state index contributed by atoms with van der Waals surface area (Å²) in [4.78, 5) is 11.8. The van der Waals surface area contributed by atoms with E-state index >= 15 is 0 Å². The van der Waals surface area contributed by atoms with Gasteiger partial charge < -0.3 is 33.5 Å². The first-order valence-electron chi connectivity index (χ1n) is 14.4. The van der Waals surface area contributed by atoms with Crippen molar-refractivity contribution in [2.75, 3.05) is 6.61 Å². The van der Waals surface area contributed by atoms with E-state index in [1.54, 1.807) is 24.3 Å². The molecule has 0 bridgehead atoms. The van der Waals surface area contributed by atoms with Crippen molar-refractivity contribution in [1.29, 1.82) is 0 Å². The van der Waals surface area contributed by atoms with Gasteiger partial charge in [-0.05, 0) is 22.8 Å². The SMILES string of the molecule is O=C(O)c1ccccc1CO[C@H]1O[C@@H]2CO[C@@H](c3ccccc3)O[C@H]2[C@H](OCc2ccccc2)[C@@H]1OCc1ccccc1. The zero-order valence-corrected chi connectivity index (χ0v) is 23.6. The molecule has 0 aliphatic carbocycles. The minimum absolute atomic E-state index is 0.00941. The highest BCUT2D eigenvalue weighted by atomic mass is 16.8. The zero-order chi connectivity index (χ0) is 29.4. The van der Waals surface area contributed by atoms with Gasteiger partial charge in [-0.25, -0.2) is 4.79 Å². The lowest BCUT2D eigenvalue weighted by Crippen LogP contribution is -2.63. The van der Waals surface area contributed by atoms with E-state index in [1.807, 2.05) is 91.0 Å². The molecule has 0 aromatic heterocycles. The molecule has 6 atom stereocenters. The van der Waals surface area contributed by atoms with Crippen molar-refractivity contribution in [3.8, 4) is 0 Å². The number of carbonyl (C=O) groups is 1. The molecule has 2 fully saturated rings. The van der Waals surface area contributed by atoms with Gasteiger partial charge in [0.15, 0.2) is 12.6 Å². The zero-order valence-electron chi connectivity index (χ0n) is 23.6. The summed E-state index contributed by atoms with van der Waals surface area (Å²) in [5.74, 6) is -1.02. The second-order valence-corrected chi connectivity index (χ2v) is 10.5. The van der Waals surface area contributed by atoms with E-state index in [4.69, 9.17) is 28.4 Å². The van der Waals surface area contributed by atoms with Crippen LogP contribution in [0.2, 0.25) is 0 Å². The van der Waals surface area contributed by atoms with Crippen LogP contribution in [0, 0.1) is 0 Å². The molecule has 0 saturated carbocycles. The molecule has 4 aromatic rings. The Labute approximate surface area is 250 Å². The summed E-state index contributed by atoms with van der Waals surface area (Å²) in [7, 11) is 0. The third-order valence-corrected chi connectivity index (χ3v) is 7.58. The summed E-state index contributed by atoms with van der Waals surface area (Å²) in [6, 6.07) is 36.3. The summed E-state index contributed by atoms with van der Waals surface area (Å²) < 4.78 is 38.5. The Morgan fingerprint density at radius 1 is 0.674 bits per heavy atom. The number of carboxylic acids is 1. The standard InChI is InChI=1S/C35H34O8/c36-33(37)28-19-11-10-18-27(28)22-40-35-32(39-21-25-14-6-2-7-15-25)31(38-20-24-12-4-1-5-13-24)30-29(42-35)23-41-34(43-30)26-16-8-3-9-17-26/h1-19,29-32,34-35H,20-23H2,(H,36,37)/t29-,30-,31+,32+,34-,35+/m1/s1. The van der Waals surface area contributed by atoms with Crippen molar-refractivity contribution in [2.45, 2.75) is 56.8 Å². The van der Waals surface area contributed by atoms with Crippen molar-refractivity contribution in [1.82, 2.24) is 0 Å². The second kappa shape index (κ2) is 14.1. The number of carboxylic acid groups (broad SMARTS) is 1. The van der Waals surface area contributed by atoms with Crippen molar-refractivity contribution < 1.29 is 38.3 Å². The average Bonchev–Trinajstić information content (AvgIpc) is 3.06. The predicted octanol–water partition coefficient (Wildman–Crippen LogP) is 5.91. The van der Waals surface area contributed by atoms with Crippen molar-refractivity contribution in [3.63, 3.8) is 0 Å². The Bertz CT molecular complexity index is 1450. The van der Waals surface area contributed by atoms with E-state index in [0.717, 1.165) is 16.7 Å². The van der Waals surface area contributed by atoms with Crippen LogP contribution in [-0.4, -0.2) is 48.4 Å². The average molecular weight is 583 g/mol. The summed E-state index contributed by atoms with van der Waals surface area (Å²) in [6.45, 7) is 0.887. The van der Waals surface area contributed by atoms with Gasteiger partial charge in [0.1, 0.15) is 24.4 Å². The molecule has 0 radical (unpaired) electrons. The molecule has 2 heterocycles. The number of hydrogen-bond donors (Lipinski definition) is 1. The molecule has 4 aromatic carbocycles. The Kier molecular flexibility index (Phi) is 9.54. The van der Waals surface area contributed by atoms with Crippen LogP contribution in [0.15, 0.2) is 115 Å². The van der Waals surface area contributed by atoms with Gasteiger partial charge in [-0.3, -0.25) is 0 Å². The number of ether oxygens (including phenoxy) is 6. The van der Waals surface area contributed by atoms with E-state index in [2.05, 4.69) is 0 Å². The summed E-state index contributed by atoms with van der Waals surface area (Å²) in [5, 5.41) is 9.69. The normalized spacial score (nSPS) is 25.1. The van der Waals surface area contributed by atoms with Gasteiger partial charge in [0.05, 0.1) is 32.0 Å². The molecule has 1 N–H and O–H groups in total. The molecular weight excluding hydrogens is 548 g/mol. The lowest BCUT2D eigenvalue weighted by molar-refractivity contribution is -0.374. The largest absolute Gasteiger partial charge is 0.478 e. The first-order valence-corrected chi connectivity index (χ1v) is 14.4. The quantitative estimate of drug-likeness (QED) is 0.233. The molecule has 0 amide bonds. The minimum atomic E-state index is -1.02. The summed E-state index contributed by atoms with van der Waals surface area (Å²) in [5.41, 5.74) is 3.59. The Balaban J connectivity index is 1.29. The Hall–Kier alpha value is -3.89. The highest BCUT2D eigenvalue weighted by Crippen LogP contribution is 2.37. The van der Waals surface area contributed by atoms with Gasteiger partial charge in [-0.1, -0.05) is 109 Å². The van der Waals surface area contributed by atoms with E-state index in [0.29, 0.717) is 18.8 Å². The lowest BCUT2D eigenvalue weighted by atomic mass is 9.97. The molecule has 2 aliphatic rings. The van der Waals surface area contributed by atoms with Crippen LogP contribution in [-0.2, 0) is 48.2 Å². The Morgan fingerprint density at radius 3 is 1.91 bits per heavy atom. The van der Waals surface area contributed by atoms with E-state index in [9.17, 15) is 9.90 Å². The molecule has 0 spiro atoms. The van der Waals surface area contributed by atoms with Gasteiger partial charge in [0.25, 0.3) is 0 Å². The van der Waals surface area contributed by atoms with Crippen LogP contribution in [0.4, 0.5) is 0 Å². The molecule has 2 aliphatic heterocycles. The van der Waals surface area contributed by atoms with E-state index in [-0.39, 0.29) is 18.8 Å². The summed E-state index contributed by atoms with van der Waals surface area (Å²) in [6.07, 6.45) is -3.78. The third kappa shape index (κ3) is 7.19. The van der Waals surface area contributed by atoms with E-state index < -0.39 is 43.0 Å². The van der Waals surface area contributed by atoms with Crippen LogP contribution in [0.25, 0.3) is 0 Å². The van der Waals surface area contributed by atoms with Crippen LogP contribution in [0.5, 0.6) is 0 Å². The highest BCUT2D eigenvalue weighted by molar-refractivity contribution is 5.89. The molecule has 6 rings (SSSR count). The fraction of sp³-hybridized carbons (Fsp3) is 0.286. The maximum atomic E-state index is 11.8. The van der Waals surface area contributed by atoms with E-state index in [1.165, 1.54) is 0 Å². The summed E-state index contributed by atoms with van der Waals surface area (Å²) >= 11 is 0. The number of benzene rings is 4. The number of aromatic carboxylic acids is 1. The second-order valence-electron chi connectivity index (χ2n) is 10.5. The first kappa shape index (κ1) is 29.2. The van der Waals surface area contributed by atoms with Crippen LogP contribution < -0.4 is 0 Å². The molecule has 2 saturated heterocycles. The highest BCUT2D eigenvalue weighted by Gasteiger charge is 2.52. The van der Waals surface area contributed by atoms with Crippen LogP contribution in [0.3, 0.4) is 0 Å². The number of fused-ring (bicyclic) bond motifs is 1. The smallest absolute Gasteiger partial charge is 0.336 e. The molecule has 0 unspecified atom stereocenters. The maximum Gasteiger partial charge on any atom is 0.336 e. The third-order valence-electron chi connectivity index (χ3n) is 7.58. The van der Waals surface area contributed by atoms with Crippen LogP contribution in [0.1, 0.15) is 38.9 Å². The van der Waals surface area contributed by atoms with Crippen LogP contribution >= 0.6 is 0 Å². The molecule has 8 heteroatoms. The van der Waals surface area contributed by atoms with Crippen molar-refractivity contribution >= 4 is 5.97 Å². The predicted molar refractivity (Wildman–Crippen MR) is 157 cm³/mol. The maximum absolute atomic E-state index is 11.8. The molecule has 8 nitrogen and oxygen atoms in total. The van der Waals surface area contributed by atoms with Crippen molar-refractivity contribution in [3.05, 3.63) is 143 Å². The molecule has 222 valence electrons. The monoisotopic (exact) mass is 582 g/mol. The topological polar surface area (TPSA) is 92.7 Å². The first-order chi connectivity index (χ1) is 21.2. The number of rotatable bonds is 11. The van der Waals surface area contributed by atoms with Gasteiger partial charge >= 0.3 is 5.97 Å². The lowest BCUT2D eigenvalue weighted by Gasteiger charge is -2.49. The fourth-order valence-electron chi connectivity index (χ4n) is 5.39. The fourth-order valence-corrected chi connectivity index (χ4v) is 5.39. The van der Waals surface area contributed by atoms with Gasteiger partial charge in [0, 0.05) is 5.56 Å². The molecular formula is C35H34O8. The number of hydrogen-bond acceptors (Lipinski definition) is 7. The minimum Gasteiger partial charge on any atom is -0.478 e. The Morgan fingerprint density at radius 2 is 1.26 bits per heavy atom. The van der Waals surface area contributed by atoms with Crippen molar-refractivity contribution in [2.24, 2.45) is 0 Å². The van der Waals surface area contributed by atoms with Gasteiger partial charge in [-0.15, -0.1) is 0 Å².